The summed E-state index contributed by atoms with van der Waals surface area (Å²) in [5, 5.41) is 0. The summed E-state index contributed by atoms with van der Waals surface area (Å²) in [6.45, 7) is 0.640. The summed E-state index contributed by atoms with van der Waals surface area (Å²) >= 11 is 0. The van der Waals surface area contributed by atoms with E-state index in [1.54, 1.807) is 0 Å². The van der Waals surface area contributed by atoms with Crippen molar-refractivity contribution in [3.63, 3.8) is 0 Å². The van der Waals surface area contributed by atoms with Crippen molar-refractivity contribution in [3.8, 4) is 0 Å². The largest absolute Gasteiger partial charge is 0.390 e. The maximum absolute atomic E-state index is 12.0. The lowest BCUT2D eigenvalue weighted by Crippen LogP contribution is -2.32. The second kappa shape index (κ2) is 3.62. The third-order valence-corrected chi connectivity index (χ3v) is 3.30. The molecule has 9 heteroatoms. The Morgan fingerprint density at radius 1 is 1.08 bits per heavy atom. The molecule has 0 rings (SSSR count). The predicted molar refractivity (Wildman–Crippen MR) is 37.1 cm³/mol. The third-order valence-electron chi connectivity index (χ3n) is 0.893. The van der Waals surface area contributed by atoms with Crippen LogP contribution in [-0.2, 0) is 20.8 Å². The second-order valence-electron chi connectivity index (χ2n) is 1.88. The summed E-state index contributed by atoms with van der Waals surface area (Å²) in [7, 11) is -11.0. The van der Waals surface area contributed by atoms with Crippen LogP contribution >= 0.6 is 0 Å². The maximum atomic E-state index is 12.0. The van der Waals surface area contributed by atoms with Crippen molar-refractivity contribution < 1.29 is 24.6 Å². The fourth-order valence-corrected chi connectivity index (χ4v) is 2.16. The van der Waals surface area contributed by atoms with Gasteiger partial charge in [0.2, 0.25) is 0 Å². The molecule has 0 heterocycles. The number of rotatable bonds is 4. The van der Waals surface area contributed by atoms with E-state index in [2.05, 4.69) is 0 Å². The molecule has 12 heavy (non-hydrogen) atoms. The smallest absolute Gasteiger partial charge is 0.176 e. The molecule has 0 fully saturated rings. The Morgan fingerprint density at radius 2 is 1.42 bits per heavy atom. The van der Waals surface area contributed by atoms with Gasteiger partial charge in [0.1, 0.15) is 0 Å². The molecule has 0 amide bonds. The van der Waals surface area contributed by atoms with Gasteiger partial charge in [-0.3, -0.25) is 0 Å². The van der Waals surface area contributed by atoms with E-state index in [1.807, 2.05) is 0 Å². The van der Waals surface area contributed by atoms with Gasteiger partial charge in [0.05, 0.1) is 0 Å². The average molecular weight is 223 g/mol. The Hall–Kier alpha value is -0.280. The van der Waals surface area contributed by atoms with Crippen LogP contribution in [0.4, 0.5) is 7.77 Å². The van der Waals surface area contributed by atoms with Crippen LogP contribution in [0.25, 0.3) is 0 Å². The zero-order valence-electron chi connectivity index (χ0n) is 6.07. The first-order chi connectivity index (χ1) is 5.19. The first-order valence-corrected chi connectivity index (χ1v) is 5.54. The molecule has 0 aromatic rings. The van der Waals surface area contributed by atoms with Crippen molar-refractivity contribution in [2.75, 3.05) is 6.54 Å². The van der Waals surface area contributed by atoms with E-state index >= 15 is 0 Å². The van der Waals surface area contributed by atoms with E-state index in [9.17, 15) is 24.6 Å². The molecule has 74 valence electrons. The van der Waals surface area contributed by atoms with Crippen LogP contribution < -0.4 is 0 Å². The van der Waals surface area contributed by atoms with E-state index in [0.29, 0.717) is 0 Å². The van der Waals surface area contributed by atoms with Crippen LogP contribution in [0.2, 0.25) is 0 Å². The molecule has 0 aromatic carbocycles. The minimum absolute atomic E-state index is 0.00764. The Labute approximate surface area is 69.7 Å². The molecule has 0 spiro atoms. The highest BCUT2D eigenvalue weighted by Crippen LogP contribution is 2.11. The summed E-state index contributed by atoms with van der Waals surface area (Å²) < 4.78 is 63.2. The third kappa shape index (κ3) is 3.41. The molecule has 5 nitrogen and oxygen atoms in total. The molecule has 0 saturated heterocycles. The fraction of sp³-hybridized carbons (Fsp3) is 1.00. The van der Waals surface area contributed by atoms with Crippen LogP contribution in [-0.4, -0.2) is 27.1 Å². The second-order valence-corrected chi connectivity index (χ2v) is 4.64. The molecule has 0 unspecified atom stereocenters. The quantitative estimate of drug-likeness (QED) is 0.635. The van der Waals surface area contributed by atoms with Crippen molar-refractivity contribution in [3.05, 3.63) is 0 Å². The summed E-state index contributed by atoms with van der Waals surface area (Å²) in [5.74, 6) is 0. The van der Waals surface area contributed by atoms with Crippen LogP contribution in [0.5, 0.6) is 0 Å². The molecule has 0 aromatic heterocycles. The molecular formula is C3H7F2NO4S2. The summed E-state index contributed by atoms with van der Waals surface area (Å²) in [4.78, 5) is 0. The number of halogens is 2. The van der Waals surface area contributed by atoms with E-state index in [1.165, 1.54) is 6.92 Å². The molecule has 0 aliphatic rings. The Balaban J connectivity index is 4.97. The van der Waals surface area contributed by atoms with Crippen LogP contribution in [0.1, 0.15) is 13.3 Å². The lowest BCUT2D eigenvalue weighted by molar-refractivity contribution is 0.442. The molecule has 0 atom stereocenters. The summed E-state index contributed by atoms with van der Waals surface area (Å²) in [6.07, 6.45) is -0.00764. The average Bonchev–Trinajstić information content (AvgIpc) is 1.77. The highest BCUT2D eigenvalue weighted by molar-refractivity contribution is 7.99. The lowest BCUT2D eigenvalue weighted by atomic mass is 10.5. The van der Waals surface area contributed by atoms with E-state index in [4.69, 9.17) is 0 Å². The van der Waals surface area contributed by atoms with Gasteiger partial charge in [0.25, 0.3) is 0 Å². The summed E-state index contributed by atoms with van der Waals surface area (Å²) in [6, 6.07) is 0. The van der Waals surface area contributed by atoms with Crippen LogP contribution in [0, 0.1) is 0 Å². The van der Waals surface area contributed by atoms with Gasteiger partial charge in [-0.2, -0.15) is 16.8 Å². The number of nitrogens with zero attached hydrogens (tertiary/aromatic N) is 1. The lowest BCUT2D eigenvalue weighted by Gasteiger charge is -2.09. The van der Waals surface area contributed by atoms with Crippen molar-refractivity contribution in [2.24, 2.45) is 0 Å². The highest BCUT2D eigenvalue weighted by Gasteiger charge is 2.32. The SMILES string of the molecule is CCCN(S(=O)(=O)F)S(=O)(=O)F. The van der Waals surface area contributed by atoms with Crippen molar-refractivity contribution in [1.29, 1.82) is 0 Å². The molecule has 0 radical (unpaired) electrons. The van der Waals surface area contributed by atoms with Crippen LogP contribution in [0.15, 0.2) is 0 Å². The molecule has 0 aliphatic heterocycles. The normalized spacial score (nSPS) is 13.7. The van der Waals surface area contributed by atoms with Crippen molar-refractivity contribution >= 4 is 20.8 Å². The monoisotopic (exact) mass is 223 g/mol. The van der Waals surface area contributed by atoms with Gasteiger partial charge < -0.3 is 0 Å². The van der Waals surface area contributed by atoms with Gasteiger partial charge in [-0.25, -0.2) is 0 Å². The number of hydrogen-bond acceptors (Lipinski definition) is 4. The molecular weight excluding hydrogens is 216 g/mol. The Morgan fingerprint density at radius 3 is 1.50 bits per heavy atom. The van der Waals surface area contributed by atoms with Gasteiger partial charge in [-0.15, -0.1) is 0 Å². The van der Waals surface area contributed by atoms with E-state index in [-0.39, 0.29) is 6.42 Å². The van der Waals surface area contributed by atoms with Crippen LogP contribution in [0.3, 0.4) is 0 Å². The summed E-state index contributed by atoms with van der Waals surface area (Å²) in [5.41, 5.74) is 0. The zero-order chi connectivity index (χ0) is 9.99. The number of hydrogen-bond donors (Lipinski definition) is 0. The first kappa shape index (κ1) is 11.7. The van der Waals surface area contributed by atoms with E-state index in [0.717, 1.165) is 0 Å². The van der Waals surface area contributed by atoms with Gasteiger partial charge in [-0.05, 0) is 10.1 Å². The van der Waals surface area contributed by atoms with Gasteiger partial charge in [-0.1, -0.05) is 14.7 Å². The first-order valence-electron chi connectivity index (χ1n) is 2.86. The zero-order valence-corrected chi connectivity index (χ0v) is 7.70. The molecule has 0 aliphatic carbocycles. The van der Waals surface area contributed by atoms with Crippen molar-refractivity contribution in [2.45, 2.75) is 13.3 Å². The Bertz CT molecular complexity index is 301. The predicted octanol–water partition coefficient (Wildman–Crippen LogP) is 0.127. The molecule has 0 N–H and O–H groups in total. The standard InChI is InChI=1S/C3H7F2NO4S2/c1-2-3-6(11(4,7)8)12(5,9)10/h2-3H2,1H3. The van der Waals surface area contributed by atoms with Gasteiger partial charge >= 0.3 is 20.8 Å². The molecule has 0 bridgehead atoms. The van der Waals surface area contributed by atoms with Gasteiger partial charge in [0.15, 0.2) is 0 Å². The topological polar surface area (TPSA) is 71.5 Å². The highest BCUT2D eigenvalue weighted by atomic mass is 32.3. The minimum atomic E-state index is -5.51. The molecule has 0 saturated carbocycles. The van der Waals surface area contributed by atoms with E-state index < -0.39 is 31.1 Å². The Kier molecular flexibility index (Phi) is 3.54. The van der Waals surface area contributed by atoms with Crippen molar-refractivity contribution in [1.82, 2.24) is 3.71 Å². The fourth-order valence-electron chi connectivity index (χ4n) is 0.507. The maximum Gasteiger partial charge on any atom is 0.390 e. The minimum Gasteiger partial charge on any atom is -0.176 e. The van der Waals surface area contributed by atoms with Gasteiger partial charge in [0, 0.05) is 6.54 Å².